The van der Waals surface area contributed by atoms with E-state index in [1.54, 1.807) is 18.2 Å². The summed E-state index contributed by atoms with van der Waals surface area (Å²) in [6, 6.07) is 10.2. The van der Waals surface area contributed by atoms with Gasteiger partial charge in [0.1, 0.15) is 11.6 Å². The molecule has 1 amide bonds. The van der Waals surface area contributed by atoms with Crippen LogP contribution in [0.5, 0.6) is 5.75 Å². The average molecular weight is 386 g/mol. The lowest BCUT2D eigenvalue weighted by Crippen LogP contribution is -2.29. The van der Waals surface area contributed by atoms with Gasteiger partial charge in [0, 0.05) is 11.6 Å². The smallest absolute Gasteiger partial charge is 0.344 e. The SMILES string of the molecule is O=C(COC(=O)COc1ccc(Cl)cc1Cl)NCc1ccc(F)cc1. The molecule has 2 aromatic rings. The second-order valence-electron chi connectivity index (χ2n) is 4.93. The first-order valence-electron chi connectivity index (χ1n) is 7.18. The summed E-state index contributed by atoms with van der Waals surface area (Å²) in [5.74, 6) is -1.28. The summed E-state index contributed by atoms with van der Waals surface area (Å²) in [4.78, 5) is 23.2. The van der Waals surface area contributed by atoms with Crippen LogP contribution in [0.15, 0.2) is 42.5 Å². The number of carbonyl (C=O) groups is 2. The molecule has 2 rings (SSSR count). The molecule has 0 aliphatic carbocycles. The molecule has 25 heavy (non-hydrogen) atoms. The van der Waals surface area contributed by atoms with Crippen molar-refractivity contribution < 1.29 is 23.5 Å². The number of nitrogens with one attached hydrogen (secondary N) is 1. The van der Waals surface area contributed by atoms with Gasteiger partial charge < -0.3 is 14.8 Å². The van der Waals surface area contributed by atoms with Gasteiger partial charge in [-0.05, 0) is 35.9 Å². The first-order valence-corrected chi connectivity index (χ1v) is 7.94. The molecule has 0 aliphatic heterocycles. The standard InChI is InChI=1S/C17H14Cl2FNO4/c18-12-3-6-15(14(19)7-12)24-10-17(23)25-9-16(22)21-8-11-1-4-13(20)5-2-11/h1-7H,8-10H2,(H,21,22). The molecule has 5 nitrogen and oxygen atoms in total. The monoisotopic (exact) mass is 385 g/mol. The zero-order valence-electron chi connectivity index (χ0n) is 12.9. The van der Waals surface area contributed by atoms with Crippen LogP contribution < -0.4 is 10.1 Å². The Morgan fingerprint density at radius 3 is 2.44 bits per heavy atom. The van der Waals surface area contributed by atoms with Crippen LogP contribution in [0.1, 0.15) is 5.56 Å². The number of halogens is 3. The molecule has 0 atom stereocenters. The molecule has 0 fully saturated rings. The number of carbonyl (C=O) groups excluding carboxylic acids is 2. The first-order chi connectivity index (χ1) is 11.9. The Morgan fingerprint density at radius 2 is 1.76 bits per heavy atom. The highest BCUT2D eigenvalue weighted by Crippen LogP contribution is 2.27. The van der Waals surface area contributed by atoms with Gasteiger partial charge in [-0.1, -0.05) is 35.3 Å². The van der Waals surface area contributed by atoms with Crippen molar-refractivity contribution in [3.63, 3.8) is 0 Å². The lowest BCUT2D eigenvalue weighted by atomic mass is 10.2. The first kappa shape index (κ1) is 19.0. The third-order valence-electron chi connectivity index (χ3n) is 3.01. The van der Waals surface area contributed by atoms with Gasteiger partial charge in [0.25, 0.3) is 5.91 Å². The van der Waals surface area contributed by atoms with Gasteiger partial charge in [-0.25, -0.2) is 9.18 Å². The summed E-state index contributed by atoms with van der Waals surface area (Å²) < 4.78 is 22.7. The Hall–Kier alpha value is -2.31. The number of amides is 1. The fourth-order valence-electron chi connectivity index (χ4n) is 1.77. The highest BCUT2D eigenvalue weighted by Gasteiger charge is 2.10. The molecular weight excluding hydrogens is 372 g/mol. The number of hydrogen-bond acceptors (Lipinski definition) is 4. The molecule has 0 aromatic heterocycles. The summed E-state index contributed by atoms with van der Waals surface area (Å²) >= 11 is 11.7. The molecular formula is C17H14Cl2FNO4. The third-order valence-corrected chi connectivity index (χ3v) is 3.54. The molecule has 0 bridgehead atoms. The minimum absolute atomic E-state index is 0.202. The highest BCUT2D eigenvalue weighted by atomic mass is 35.5. The molecule has 2 aromatic carbocycles. The molecule has 132 valence electrons. The Bertz CT molecular complexity index is 753. The van der Waals surface area contributed by atoms with Gasteiger partial charge in [-0.3, -0.25) is 4.79 Å². The molecule has 0 aliphatic rings. The van der Waals surface area contributed by atoms with Crippen molar-refractivity contribution in [1.82, 2.24) is 5.32 Å². The van der Waals surface area contributed by atoms with Crippen molar-refractivity contribution in [2.45, 2.75) is 6.54 Å². The lowest BCUT2D eigenvalue weighted by molar-refractivity contribution is -0.150. The normalized spacial score (nSPS) is 10.2. The van der Waals surface area contributed by atoms with E-state index in [2.05, 4.69) is 5.32 Å². The van der Waals surface area contributed by atoms with Gasteiger partial charge >= 0.3 is 5.97 Å². The second-order valence-corrected chi connectivity index (χ2v) is 5.77. The Kier molecular flexibility index (Phi) is 7.03. The third kappa shape index (κ3) is 6.60. The Balaban J connectivity index is 1.68. The van der Waals surface area contributed by atoms with Crippen LogP contribution in [-0.4, -0.2) is 25.1 Å². The molecule has 0 radical (unpaired) electrons. The van der Waals surface area contributed by atoms with Crippen molar-refractivity contribution >= 4 is 35.1 Å². The molecule has 0 saturated carbocycles. The zero-order valence-corrected chi connectivity index (χ0v) is 14.4. The van der Waals surface area contributed by atoms with E-state index in [9.17, 15) is 14.0 Å². The molecule has 0 saturated heterocycles. The maximum atomic E-state index is 12.8. The summed E-state index contributed by atoms with van der Waals surface area (Å²) in [7, 11) is 0. The van der Waals surface area contributed by atoms with Crippen LogP contribution in [-0.2, 0) is 20.9 Å². The lowest BCUT2D eigenvalue weighted by Gasteiger charge is -2.09. The van der Waals surface area contributed by atoms with Crippen LogP contribution in [0.2, 0.25) is 10.0 Å². The fraction of sp³-hybridized carbons (Fsp3) is 0.176. The van der Waals surface area contributed by atoms with Crippen molar-refractivity contribution in [2.75, 3.05) is 13.2 Å². The number of benzene rings is 2. The topological polar surface area (TPSA) is 64.6 Å². The summed E-state index contributed by atoms with van der Waals surface area (Å²) in [6.07, 6.45) is 0. The molecule has 0 heterocycles. The van der Waals surface area contributed by atoms with E-state index in [0.29, 0.717) is 5.02 Å². The maximum Gasteiger partial charge on any atom is 0.344 e. The quantitative estimate of drug-likeness (QED) is 0.742. The Morgan fingerprint density at radius 1 is 1.04 bits per heavy atom. The summed E-state index contributed by atoms with van der Waals surface area (Å²) in [6.45, 7) is -0.641. The highest BCUT2D eigenvalue weighted by molar-refractivity contribution is 6.35. The van der Waals surface area contributed by atoms with E-state index in [1.165, 1.54) is 24.3 Å². The predicted molar refractivity (Wildman–Crippen MR) is 91.2 cm³/mol. The van der Waals surface area contributed by atoms with Crippen LogP contribution >= 0.6 is 23.2 Å². The van der Waals surface area contributed by atoms with Crippen molar-refractivity contribution in [3.8, 4) is 5.75 Å². The summed E-state index contributed by atoms with van der Waals surface area (Å²) in [5.41, 5.74) is 0.724. The number of esters is 1. The Labute approximate surface area is 153 Å². The van der Waals surface area contributed by atoms with Crippen molar-refractivity contribution in [1.29, 1.82) is 0 Å². The summed E-state index contributed by atoms with van der Waals surface area (Å²) in [5, 5.41) is 3.25. The number of rotatable bonds is 7. The van der Waals surface area contributed by atoms with E-state index in [-0.39, 0.29) is 23.1 Å². The fourth-order valence-corrected chi connectivity index (χ4v) is 2.23. The van der Waals surface area contributed by atoms with Crippen LogP contribution in [0.25, 0.3) is 0 Å². The minimum Gasteiger partial charge on any atom is -0.480 e. The second kappa shape index (κ2) is 9.25. The van der Waals surface area contributed by atoms with E-state index in [0.717, 1.165) is 5.56 Å². The van der Waals surface area contributed by atoms with Crippen LogP contribution in [0.3, 0.4) is 0 Å². The van der Waals surface area contributed by atoms with Gasteiger partial charge in [0.15, 0.2) is 13.2 Å². The number of hydrogen-bond donors (Lipinski definition) is 1. The number of ether oxygens (including phenoxy) is 2. The van der Waals surface area contributed by atoms with Crippen molar-refractivity contribution in [2.24, 2.45) is 0 Å². The molecule has 0 spiro atoms. The predicted octanol–water partition coefficient (Wildman–Crippen LogP) is 3.37. The zero-order chi connectivity index (χ0) is 18.2. The average Bonchev–Trinajstić information content (AvgIpc) is 2.58. The van der Waals surface area contributed by atoms with E-state index >= 15 is 0 Å². The van der Waals surface area contributed by atoms with Gasteiger partial charge in [0.2, 0.25) is 0 Å². The van der Waals surface area contributed by atoms with Crippen LogP contribution in [0, 0.1) is 5.82 Å². The molecule has 1 N–H and O–H groups in total. The largest absolute Gasteiger partial charge is 0.480 e. The van der Waals surface area contributed by atoms with Crippen LogP contribution in [0.4, 0.5) is 4.39 Å². The van der Waals surface area contributed by atoms with E-state index < -0.39 is 25.1 Å². The van der Waals surface area contributed by atoms with Gasteiger partial charge in [-0.15, -0.1) is 0 Å². The maximum absolute atomic E-state index is 12.8. The molecule has 0 unspecified atom stereocenters. The molecule has 8 heteroatoms. The minimum atomic E-state index is -0.719. The van der Waals surface area contributed by atoms with Gasteiger partial charge in [0.05, 0.1) is 5.02 Å². The van der Waals surface area contributed by atoms with E-state index in [1.807, 2.05) is 0 Å². The van der Waals surface area contributed by atoms with Gasteiger partial charge in [-0.2, -0.15) is 0 Å². The van der Waals surface area contributed by atoms with Crippen molar-refractivity contribution in [3.05, 3.63) is 63.9 Å². The van der Waals surface area contributed by atoms with E-state index in [4.69, 9.17) is 32.7 Å².